The van der Waals surface area contributed by atoms with Crippen LogP contribution in [0.1, 0.15) is 90.9 Å². The lowest BCUT2D eigenvalue weighted by Gasteiger charge is -2.26. The maximum Gasteiger partial charge on any atom is 0.0229 e. The normalized spacial score (nSPS) is 38.0. The first-order valence-electron chi connectivity index (χ1n) is 7.89. The number of rotatable bonds is 0. The van der Waals surface area contributed by atoms with Crippen molar-refractivity contribution in [2.75, 3.05) is 0 Å². The van der Waals surface area contributed by atoms with Gasteiger partial charge in [0.25, 0.3) is 0 Å². The van der Waals surface area contributed by atoms with Gasteiger partial charge in [0.1, 0.15) is 0 Å². The lowest BCUT2D eigenvalue weighted by Crippen LogP contribution is -2.35. The molecule has 108 valence electrons. The van der Waals surface area contributed by atoms with Crippen LogP contribution in [0.3, 0.4) is 0 Å². The van der Waals surface area contributed by atoms with E-state index in [1.54, 1.807) is 0 Å². The zero-order valence-electron chi connectivity index (χ0n) is 12.4. The first kappa shape index (κ1) is 16.5. The number of halogens is 1. The summed E-state index contributed by atoms with van der Waals surface area (Å²) in [5.41, 5.74) is 6.45. The Hall–Kier alpha value is 0.440. The lowest BCUT2D eigenvalue weighted by molar-refractivity contribution is 0.357. The SMILES string of the molecule is CC1(N)CCCCCCC(C)(Br)CCCCCC1. The van der Waals surface area contributed by atoms with Crippen molar-refractivity contribution in [2.24, 2.45) is 5.73 Å². The third-order valence-corrected chi connectivity index (χ3v) is 5.18. The molecule has 0 radical (unpaired) electrons. The van der Waals surface area contributed by atoms with Crippen LogP contribution in [0.25, 0.3) is 0 Å². The van der Waals surface area contributed by atoms with Gasteiger partial charge in [0.2, 0.25) is 0 Å². The van der Waals surface area contributed by atoms with Crippen LogP contribution >= 0.6 is 15.9 Å². The molecule has 1 aliphatic rings. The highest BCUT2D eigenvalue weighted by molar-refractivity contribution is 9.10. The van der Waals surface area contributed by atoms with Gasteiger partial charge in [-0.15, -0.1) is 0 Å². The minimum atomic E-state index is 0.0913. The smallest absolute Gasteiger partial charge is 0.0229 e. The summed E-state index contributed by atoms with van der Waals surface area (Å²) in [5.74, 6) is 0. The minimum Gasteiger partial charge on any atom is -0.325 e. The molecule has 0 aliphatic heterocycles. The molecule has 1 fully saturated rings. The summed E-state index contributed by atoms with van der Waals surface area (Å²) >= 11 is 3.92. The number of alkyl halides is 1. The van der Waals surface area contributed by atoms with Crippen molar-refractivity contribution < 1.29 is 0 Å². The quantitative estimate of drug-likeness (QED) is 0.582. The Bertz CT molecular complexity index is 179. The Balaban J connectivity index is 2.36. The van der Waals surface area contributed by atoms with Gasteiger partial charge in [0.15, 0.2) is 0 Å². The van der Waals surface area contributed by atoms with Gasteiger partial charge >= 0.3 is 0 Å². The molecule has 0 aromatic rings. The third-order valence-electron chi connectivity index (χ3n) is 4.39. The van der Waals surface area contributed by atoms with Crippen LogP contribution in [0.15, 0.2) is 0 Å². The van der Waals surface area contributed by atoms with E-state index < -0.39 is 0 Å². The van der Waals surface area contributed by atoms with Crippen LogP contribution in [0.5, 0.6) is 0 Å². The van der Waals surface area contributed by atoms with E-state index >= 15 is 0 Å². The summed E-state index contributed by atoms with van der Waals surface area (Å²) in [4.78, 5) is 0. The van der Waals surface area contributed by atoms with E-state index in [0.29, 0.717) is 4.32 Å². The second-order valence-electron chi connectivity index (χ2n) is 6.90. The summed E-state index contributed by atoms with van der Waals surface area (Å²) < 4.78 is 0.388. The molecule has 1 rings (SSSR count). The van der Waals surface area contributed by atoms with Gasteiger partial charge in [-0.2, -0.15) is 0 Å². The van der Waals surface area contributed by atoms with Gasteiger partial charge in [-0.25, -0.2) is 0 Å². The molecule has 0 spiro atoms. The van der Waals surface area contributed by atoms with Crippen molar-refractivity contribution in [1.82, 2.24) is 0 Å². The van der Waals surface area contributed by atoms with Gasteiger partial charge in [0, 0.05) is 9.86 Å². The molecule has 0 bridgehead atoms. The molecule has 2 N–H and O–H groups in total. The molecular formula is C16H32BrN. The first-order valence-corrected chi connectivity index (χ1v) is 8.68. The van der Waals surface area contributed by atoms with E-state index in [9.17, 15) is 0 Å². The average molecular weight is 318 g/mol. The standard InChI is InChI=1S/C16H32BrN/c1-15(17)11-7-3-5-9-13-16(2,18)14-10-6-4-8-12-15/h3-14,18H2,1-2H3. The highest BCUT2D eigenvalue weighted by atomic mass is 79.9. The summed E-state index contributed by atoms with van der Waals surface area (Å²) in [5, 5.41) is 0. The number of nitrogens with two attached hydrogens (primary N) is 1. The zero-order chi connectivity index (χ0) is 13.5. The highest BCUT2D eigenvalue weighted by Gasteiger charge is 2.20. The largest absolute Gasteiger partial charge is 0.325 e. The molecule has 0 aromatic heterocycles. The molecule has 0 atom stereocenters. The van der Waals surface area contributed by atoms with Crippen LogP contribution in [-0.4, -0.2) is 9.86 Å². The Morgan fingerprint density at radius 2 is 1.00 bits per heavy atom. The van der Waals surface area contributed by atoms with Crippen molar-refractivity contribution in [2.45, 2.75) is 101 Å². The van der Waals surface area contributed by atoms with Crippen molar-refractivity contribution in [3.63, 3.8) is 0 Å². The molecule has 0 heterocycles. The molecule has 1 saturated carbocycles. The maximum atomic E-state index is 6.36. The van der Waals surface area contributed by atoms with E-state index in [1.165, 1.54) is 77.0 Å². The Labute approximate surface area is 122 Å². The van der Waals surface area contributed by atoms with Crippen LogP contribution < -0.4 is 5.73 Å². The zero-order valence-corrected chi connectivity index (χ0v) is 14.0. The van der Waals surface area contributed by atoms with Crippen LogP contribution in [0, 0.1) is 0 Å². The topological polar surface area (TPSA) is 26.0 Å². The monoisotopic (exact) mass is 317 g/mol. The second kappa shape index (κ2) is 7.89. The fraction of sp³-hybridized carbons (Fsp3) is 1.00. The van der Waals surface area contributed by atoms with Crippen LogP contribution in [0.2, 0.25) is 0 Å². The van der Waals surface area contributed by atoms with Crippen molar-refractivity contribution in [3.05, 3.63) is 0 Å². The van der Waals surface area contributed by atoms with Crippen molar-refractivity contribution in [3.8, 4) is 0 Å². The fourth-order valence-corrected chi connectivity index (χ4v) is 3.56. The van der Waals surface area contributed by atoms with Crippen molar-refractivity contribution >= 4 is 15.9 Å². The summed E-state index contributed by atoms with van der Waals surface area (Å²) in [7, 11) is 0. The molecular weight excluding hydrogens is 286 g/mol. The van der Waals surface area contributed by atoms with Gasteiger partial charge in [-0.05, 0) is 39.5 Å². The fourth-order valence-electron chi connectivity index (χ4n) is 3.00. The van der Waals surface area contributed by atoms with E-state index in [-0.39, 0.29) is 5.54 Å². The first-order chi connectivity index (χ1) is 8.41. The molecule has 1 aliphatic carbocycles. The van der Waals surface area contributed by atoms with Gasteiger partial charge in [-0.3, -0.25) is 0 Å². The predicted molar refractivity (Wildman–Crippen MR) is 85.3 cm³/mol. The molecule has 2 heteroatoms. The lowest BCUT2D eigenvalue weighted by atomic mass is 9.88. The van der Waals surface area contributed by atoms with Gasteiger partial charge < -0.3 is 5.73 Å². The number of hydrogen-bond donors (Lipinski definition) is 1. The van der Waals surface area contributed by atoms with E-state index in [0.717, 1.165) is 0 Å². The average Bonchev–Trinajstić information content (AvgIpc) is 2.27. The summed E-state index contributed by atoms with van der Waals surface area (Å²) in [6.45, 7) is 4.62. The number of hydrogen-bond acceptors (Lipinski definition) is 1. The third kappa shape index (κ3) is 7.78. The van der Waals surface area contributed by atoms with E-state index in [4.69, 9.17) is 5.73 Å². The Morgan fingerprint density at radius 3 is 1.39 bits per heavy atom. The summed E-state index contributed by atoms with van der Waals surface area (Å²) in [6, 6.07) is 0. The molecule has 18 heavy (non-hydrogen) atoms. The van der Waals surface area contributed by atoms with Crippen LogP contribution in [-0.2, 0) is 0 Å². The van der Waals surface area contributed by atoms with E-state index in [1.807, 2.05) is 0 Å². The minimum absolute atomic E-state index is 0.0913. The molecule has 1 nitrogen and oxygen atoms in total. The summed E-state index contributed by atoms with van der Waals surface area (Å²) in [6.07, 6.45) is 15.9. The molecule has 0 saturated heterocycles. The Kier molecular flexibility index (Phi) is 7.23. The van der Waals surface area contributed by atoms with Gasteiger partial charge in [-0.1, -0.05) is 67.3 Å². The van der Waals surface area contributed by atoms with E-state index in [2.05, 4.69) is 29.8 Å². The predicted octanol–water partition coefficient (Wildman–Crippen LogP) is 5.55. The Morgan fingerprint density at radius 1 is 0.667 bits per heavy atom. The molecule has 0 unspecified atom stereocenters. The maximum absolute atomic E-state index is 6.36. The highest BCUT2D eigenvalue weighted by Crippen LogP contribution is 2.32. The van der Waals surface area contributed by atoms with Crippen molar-refractivity contribution in [1.29, 1.82) is 0 Å². The molecule has 0 amide bonds. The molecule has 0 aromatic carbocycles. The second-order valence-corrected chi connectivity index (χ2v) is 8.81. The van der Waals surface area contributed by atoms with Crippen LogP contribution in [0.4, 0.5) is 0 Å². The van der Waals surface area contributed by atoms with Gasteiger partial charge in [0.05, 0.1) is 0 Å².